The number of hydrogen-bond acceptors (Lipinski definition) is 2. The van der Waals surface area contributed by atoms with E-state index in [9.17, 15) is 4.79 Å². The van der Waals surface area contributed by atoms with Gasteiger partial charge in [0.25, 0.3) is 0 Å². The molecule has 0 N–H and O–H groups in total. The number of nitrogens with zero attached hydrogens (tertiary/aromatic N) is 2. The zero-order valence-corrected chi connectivity index (χ0v) is 13.6. The lowest BCUT2D eigenvalue weighted by Gasteiger charge is -2.42. The van der Waals surface area contributed by atoms with Gasteiger partial charge < -0.3 is 9.22 Å². The van der Waals surface area contributed by atoms with E-state index >= 15 is 0 Å². The number of rotatable bonds is 2. The number of benzene rings is 1. The summed E-state index contributed by atoms with van der Waals surface area (Å²) in [5.74, 6) is 0. The molecule has 0 radical (unpaired) electrons. The Morgan fingerprint density at radius 1 is 1.19 bits per heavy atom. The van der Waals surface area contributed by atoms with E-state index in [1.807, 2.05) is 31.7 Å². The van der Waals surface area contributed by atoms with Crippen LogP contribution in [0.1, 0.15) is 26.3 Å². The summed E-state index contributed by atoms with van der Waals surface area (Å²) in [6, 6.07) is 10.5. The maximum absolute atomic E-state index is 12.1. The number of carbonyl (C=O) groups is 1. The van der Waals surface area contributed by atoms with Crippen LogP contribution in [0.5, 0.6) is 0 Å². The van der Waals surface area contributed by atoms with Gasteiger partial charge in [0.05, 0.1) is 33.2 Å². The summed E-state index contributed by atoms with van der Waals surface area (Å²) < 4.78 is 6.42. The van der Waals surface area contributed by atoms with Crippen molar-refractivity contribution >= 4 is 6.09 Å². The maximum atomic E-state index is 12.1. The molecule has 1 aromatic carbocycles. The fraction of sp³-hybridized carbons (Fsp3) is 0.588. The third-order valence-corrected chi connectivity index (χ3v) is 3.88. The van der Waals surface area contributed by atoms with Crippen LogP contribution >= 0.6 is 0 Å². The molecule has 0 atom stereocenters. The Morgan fingerprint density at radius 2 is 1.76 bits per heavy atom. The molecule has 1 heterocycles. The van der Waals surface area contributed by atoms with Crippen molar-refractivity contribution in [1.82, 2.24) is 4.90 Å². The Hall–Kier alpha value is -1.55. The summed E-state index contributed by atoms with van der Waals surface area (Å²) in [7, 11) is 2.26. The molecule has 1 amide bonds. The number of piperazine rings is 1. The zero-order valence-electron chi connectivity index (χ0n) is 13.6. The summed E-state index contributed by atoms with van der Waals surface area (Å²) in [6.45, 7) is 10.2. The van der Waals surface area contributed by atoms with Crippen LogP contribution in [0, 0.1) is 0 Å². The molecular weight excluding hydrogens is 264 g/mol. The number of ether oxygens (including phenoxy) is 1. The van der Waals surface area contributed by atoms with E-state index in [0.717, 1.165) is 37.2 Å². The van der Waals surface area contributed by atoms with Gasteiger partial charge in [0.15, 0.2) is 0 Å². The molecule has 21 heavy (non-hydrogen) atoms. The van der Waals surface area contributed by atoms with Gasteiger partial charge in [-0.1, -0.05) is 30.3 Å². The Bertz CT molecular complexity index is 471. The first-order valence-corrected chi connectivity index (χ1v) is 7.63. The fourth-order valence-electron chi connectivity index (χ4n) is 2.64. The lowest BCUT2D eigenvalue weighted by molar-refractivity contribution is -0.926. The maximum Gasteiger partial charge on any atom is 0.410 e. The minimum absolute atomic E-state index is 0.187. The Kier molecular flexibility index (Phi) is 4.57. The van der Waals surface area contributed by atoms with Crippen molar-refractivity contribution in [3.05, 3.63) is 35.9 Å². The van der Waals surface area contributed by atoms with Crippen LogP contribution in [0.25, 0.3) is 0 Å². The van der Waals surface area contributed by atoms with E-state index < -0.39 is 5.60 Å². The molecule has 0 unspecified atom stereocenters. The second kappa shape index (κ2) is 6.06. The van der Waals surface area contributed by atoms with E-state index in [-0.39, 0.29) is 6.09 Å². The lowest BCUT2D eigenvalue weighted by Crippen LogP contribution is -2.58. The number of quaternary nitrogens is 1. The highest BCUT2D eigenvalue weighted by Crippen LogP contribution is 2.18. The Morgan fingerprint density at radius 3 is 2.29 bits per heavy atom. The topological polar surface area (TPSA) is 29.5 Å². The zero-order chi connectivity index (χ0) is 15.5. The van der Waals surface area contributed by atoms with Crippen molar-refractivity contribution in [3.63, 3.8) is 0 Å². The van der Waals surface area contributed by atoms with Gasteiger partial charge >= 0.3 is 6.09 Å². The predicted octanol–water partition coefficient (Wildman–Crippen LogP) is 2.88. The van der Waals surface area contributed by atoms with E-state index in [4.69, 9.17) is 4.74 Å². The van der Waals surface area contributed by atoms with Crippen molar-refractivity contribution in [2.75, 3.05) is 33.2 Å². The van der Waals surface area contributed by atoms with Gasteiger partial charge in [0.2, 0.25) is 0 Å². The molecule has 1 aromatic rings. The highest BCUT2D eigenvalue weighted by molar-refractivity contribution is 5.68. The standard InChI is InChI=1S/C17H27N2O2/c1-17(2,3)21-16(20)18-10-12-19(4,13-11-18)14-15-8-6-5-7-9-15/h5-9H,10-14H2,1-4H3/q+1. The molecule has 0 aromatic heterocycles. The number of likely N-dealkylation sites (N-methyl/N-ethyl adjacent to an activating group) is 1. The molecule has 0 bridgehead atoms. The third kappa shape index (κ3) is 4.74. The molecule has 2 rings (SSSR count). The molecule has 0 saturated carbocycles. The first-order valence-electron chi connectivity index (χ1n) is 7.63. The first-order chi connectivity index (χ1) is 9.77. The van der Waals surface area contributed by atoms with Gasteiger partial charge in [0.1, 0.15) is 12.1 Å². The second-order valence-electron chi connectivity index (χ2n) is 7.18. The quantitative estimate of drug-likeness (QED) is 0.784. The van der Waals surface area contributed by atoms with Crippen LogP contribution in [0.4, 0.5) is 4.79 Å². The molecule has 4 heteroatoms. The van der Waals surface area contributed by atoms with Gasteiger partial charge in [-0.2, -0.15) is 0 Å². The average Bonchev–Trinajstić information content (AvgIpc) is 2.38. The van der Waals surface area contributed by atoms with Crippen molar-refractivity contribution in [2.24, 2.45) is 0 Å². The lowest BCUT2D eigenvalue weighted by atomic mass is 10.1. The van der Waals surface area contributed by atoms with Crippen LogP contribution in [0.2, 0.25) is 0 Å². The molecule has 1 aliphatic rings. The summed E-state index contributed by atoms with van der Waals surface area (Å²) in [5.41, 5.74) is 0.933. The van der Waals surface area contributed by atoms with Crippen LogP contribution < -0.4 is 0 Å². The third-order valence-electron chi connectivity index (χ3n) is 3.88. The minimum Gasteiger partial charge on any atom is -0.444 e. The van der Waals surface area contributed by atoms with Crippen LogP contribution in [0.15, 0.2) is 30.3 Å². The van der Waals surface area contributed by atoms with Gasteiger partial charge in [0, 0.05) is 5.56 Å². The smallest absolute Gasteiger partial charge is 0.410 e. The fourth-order valence-corrected chi connectivity index (χ4v) is 2.64. The SMILES string of the molecule is CC(C)(C)OC(=O)N1CC[N+](C)(Cc2ccccc2)CC1. The van der Waals surface area contributed by atoms with E-state index in [1.54, 1.807) is 0 Å². The Balaban J connectivity index is 1.89. The van der Waals surface area contributed by atoms with Crippen LogP contribution in [-0.2, 0) is 11.3 Å². The van der Waals surface area contributed by atoms with Crippen LogP contribution in [-0.4, -0.2) is 54.3 Å². The van der Waals surface area contributed by atoms with Crippen molar-refractivity contribution in [2.45, 2.75) is 32.9 Å². The summed E-state index contributed by atoms with van der Waals surface area (Å²) in [4.78, 5) is 13.9. The molecule has 0 aliphatic carbocycles. The van der Waals surface area contributed by atoms with Gasteiger partial charge in [-0.25, -0.2) is 4.79 Å². The molecule has 4 nitrogen and oxygen atoms in total. The van der Waals surface area contributed by atoms with Crippen LogP contribution in [0.3, 0.4) is 0 Å². The molecule has 1 fully saturated rings. The van der Waals surface area contributed by atoms with Gasteiger partial charge in [-0.3, -0.25) is 4.90 Å². The molecule has 1 saturated heterocycles. The normalized spacial score (nSPS) is 18.4. The molecule has 0 spiro atoms. The number of carbonyl (C=O) groups excluding carboxylic acids is 1. The second-order valence-corrected chi connectivity index (χ2v) is 7.18. The molecular formula is C17H27N2O2+. The predicted molar refractivity (Wildman–Crippen MR) is 83.9 cm³/mol. The Labute approximate surface area is 127 Å². The highest BCUT2D eigenvalue weighted by atomic mass is 16.6. The van der Waals surface area contributed by atoms with Crippen molar-refractivity contribution in [3.8, 4) is 0 Å². The average molecular weight is 291 g/mol. The largest absolute Gasteiger partial charge is 0.444 e. The van der Waals surface area contributed by atoms with Crippen molar-refractivity contribution in [1.29, 1.82) is 0 Å². The van der Waals surface area contributed by atoms with Crippen molar-refractivity contribution < 1.29 is 14.0 Å². The number of amides is 1. The summed E-state index contributed by atoms with van der Waals surface area (Å²) in [5, 5.41) is 0. The molecule has 1 aliphatic heterocycles. The molecule has 116 valence electrons. The van der Waals surface area contributed by atoms with Gasteiger partial charge in [-0.05, 0) is 20.8 Å². The summed E-state index contributed by atoms with van der Waals surface area (Å²) in [6.07, 6.45) is -0.187. The van der Waals surface area contributed by atoms with E-state index in [1.165, 1.54) is 5.56 Å². The van der Waals surface area contributed by atoms with E-state index in [2.05, 4.69) is 31.3 Å². The highest BCUT2D eigenvalue weighted by Gasteiger charge is 2.32. The monoisotopic (exact) mass is 291 g/mol. The van der Waals surface area contributed by atoms with Gasteiger partial charge in [-0.15, -0.1) is 0 Å². The first kappa shape index (κ1) is 15.8. The van der Waals surface area contributed by atoms with E-state index in [0.29, 0.717) is 0 Å². The summed E-state index contributed by atoms with van der Waals surface area (Å²) >= 11 is 0. The minimum atomic E-state index is -0.420. The number of hydrogen-bond donors (Lipinski definition) is 0.